The van der Waals surface area contributed by atoms with Crippen LogP contribution in [0.2, 0.25) is 25.7 Å². The number of nitrogens with one attached hydrogen (secondary N) is 1. The van der Waals surface area contributed by atoms with Crippen LogP contribution in [-0.4, -0.2) is 29.4 Å². The van der Waals surface area contributed by atoms with Crippen LogP contribution in [-0.2, 0) is 11.5 Å². The van der Waals surface area contributed by atoms with Crippen molar-refractivity contribution in [1.29, 1.82) is 0 Å². The van der Waals surface area contributed by atoms with Crippen LogP contribution in [0.4, 0.5) is 0 Å². The molecular weight excluding hydrogens is 326 g/mol. The minimum absolute atomic E-state index is 0.0575. The van der Waals surface area contributed by atoms with Crippen molar-refractivity contribution in [2.45, 2.75) is 32.4 Å². The van der Waals surface area contributed by atoms with E-state index in [1.807, 2.05) is 23.7 Å². The van der Waals surface area contributed by atoms with Gasteiger partial charge in [0.25, 0.3) is 5.56 Å². The lowest BCUT2D eigenvalue weighted by molar-refractivity contribution is 0.0786. The Morgan fingerprint density at radius 3 is 3.00 bits per heavy atom. The van der Waals surface area contributed by atoms with E-state index in [0.717, 1.165) is 34.0 Å². The number of rotatable bonds is 6. The summed E-state index contributed by atoms with van der Waals surface area (Å²) in [7, 11) is -1.06. The largest absolute Gasteiger partial charge is 0.360 e. The molecule has 3 aromatic heterocycles. The summed E-state index contributed by atoms with van der Waals surface area (Å²) in [4.78, 5) is 15.0. The molecule has 3 heterocycles. The highest BCUT2D eigenvalue weighted by Gasteiger charge is 2.12. The van der Waals surface area contributed by atoms with E-state index in [9.17, 15) is 4.79 Å². The first-order valence-corrected chi connectivity index (χ1v) is 12.2. The first kappa shape index (κ1) is 16.2. The molecule has 0 aliphatic carbocycles. The van der Waals surface area contributed by atoms with E-state index in [0.29, 0.717) is 6.73 Å². The smallest absolute Gasteiger partial charge is 0.257 e. The average Bonchev–Trinajstić information content (AvgIpc) is 3.11. The van der Waals surface area contributed by atoms with Gasteiger partial charge in [0.05, 0.1) is 17.3 Å². The minimum Gasteiger partial charge on any atom is -0.360 e. The number of hydrogen-bond acceptors (Lipinski definition) is 4. The maximum atomic E-state index is 12.0. The molecule has 0 saturated carbocycles. The molecule has 0 fully saturated rings. The molecule has 23 heavy (non-hydrogen) atoms. The molecule has 3 aromatic rings. The van der Waals surface area contributed by atoms with Crippen LogP contribution in [0.15, 0.2) is 34.7 Å². The minimum atomic E-state index is -1.06. The number of fused-ring (bicyclic) bond motifs is 1. The SMILES string of the molecule is C[Si](C)(C)CCOCn1cc(-c2cc3sccc3c(=O)[nH]2)cn1. The van der Waals surface area contributed by atoms with Gasteiger partial charge < -0.3 is 9.72 Å². The normalized spacial score (nSPS) is 12.1. The molecule has 0 aromatic carbocycles. The molecule has 1 N–H and O–H groups in total. The second-order valence-electron chi connectivity index (χ2n) is 6.83. The Hall–Kier alpha value is -1.70. The van der Waals surface area contributed by atoms with E-state index in [1.165, 1.54) is 0 Å². The van der Waals surface area contributed by atoms with Crippen molar-refractivity contribution in [2.75, 3.05) is 6.61 Å². The summed E-state index contributed by atoms with van der Waals surface area (Å²) in [6, 6.07) is 4.98. The molecule has 122 valence electrons. The monoisotopic (exact) mass is 347 g/mol. The van der Waals surface area contributed by atoms with Gasteiger partial charge in [0.2, 0.25) is 0 Å². The first-order valence-electron chi connectivity index (χ1n) is 7.63. The van der Waals surface area contributed by atoms with Crippen molar-refractivity contribution in [3.63, 3.8) is 0 Å². The van der Waals surface area contributed by atoms with Crippen LogP contribution < -0.4 is 5.56 Å². The molecule has 0 bridgehead atoms. The lowest BCUT2D eigenvalue weighted by Gasteiger charge is -2.15. The highest BCUT2D eigenvalue weighted by atomic mass is 32.1. The van der Waals surface area contributed by atoms with E-state index in [4.69, 9.17) is 4.74 Å². The number of pyridine rings is 1. The van der Waals surface area contributed by atoms with Crippen molar-refractivity contribution < 1.29 is 4.74 Å². The van der Waals surface area contributed by atoms with Gasteiger partial charge in [-0.2, -0.15) is 5.10 Å². The number of ether oxygens (including phenoxy) is 1. The molecule has 3 rings (SSSR count). The van der Waals surface area contributed by atoms with E-state index < -0.39 is 8.07 Å². The molecule has 0 spiro atoms. The molecule has 0 aliphatic rings. The van der Waals surface area contributed by atoms with Gasteiger partial charge in [-0.3, -0.25) is 4.79 Å². The summed E-state index contributed by atoms with van der Waals surface area (Å²) >= 11 is 1.57. The van der Waals surface area contributed by atoms with Gasteiger partial charge in [0.15, 0.2) is 0 Å². The summed E-state index contributed by atoms with van der Waals surface area (Å²) in [6.45, 7) is 8.21. The van der Waals surface area contributed by atoms with Crippen LogP contribution in [0.3, 0.4) is 0 Å². The highest BCUT2D eigenvalue weighted by molar-refractivity contribution is 7.17. The summed E-state index contributed by atoms with van der Waals surface area (Å²) in [5.41, 5.74) is 1.63. The zero-order valence-electron chi connectivity index (χ0n) is 13.6. The van der Waals surface area contributed by atoms with Crippen LogP contribution in [0.5, 0.6) is 0 Å². The van der Waals surface area contributed by atoms with Crippen molar-refractivity contribution in [2.24, 2.45) is 0 Å². The molecule has 0 aliphatic heterocycles. The predicted octanol–water partition coefficient (Wildman–Crippen LogP) is 3.77. The van der Waals surface area contributed by atoms with E-state index in [1.54, 1.807) is 22.2 Å². The average molecular weight is 348 g/mol. The van der Waals surface area contributed by atoms with Gasteiger partial charge in [0.1, 0.15) is 6.73 Å². The Bertz CT molecular complexity index is 860. The molecule has 0 atom stereocenters. The van der Waals surface area contributed by atoms with E-state index in [2.05, 4.69) is 29.7 Å². The number of nitrogens with zero attached hydrogens (tertiary/aromatic N) is 2. The zero-order valence-corrected chi connectivity index (χ0v) is 15.4. The van der Waals surface area contributed by atoms with Crippen molar-refractivity contribution in [1.82, 2.24) is 14.8 Å². The molecule has 0 unspecified atom stereocenters. The highest BCUT2D eigenvalue weighted by Crippen LogP contribution is 2.23. The van der Waals surface area contributed by atoms with Crippen molar-refractivity contribution >= 4 is 29.5 Å². The Labute approximate surface area is 139 Å². The quantitative estimate of drug-likeness (QED) is 0.545. The fraction of sp³-hybridized carbons (Fsp3) is 0.375. The van der Waals surface area contributed by atoms with Crippen LogP contribution in [0.25, 0.3) is 21.3 Å². The van der Waals surface area contributed by atoms with Gasteiger partial charge in [-0.05, 0) is 23.6 Å². The molecule has 0 amide bonds. The Kier molecular flexibility index (Phi) is 4.52. The Balaban J connectivity index is 1.69. The summed E-state index contributed by atoms with van der Waals surface area (Å²) in [6.07, 6.45) is 3.66. The van der Waals surface area contributed by atoms with Crippen LogP contribution in [0, 0.1) is 0 Å². The second-order valence-corrected chi connectivity index (χ2v) is 13.4. The predicted molar refractivity (Wildman–Crippen MR) is 97.8 cm³/mol. The van der Waals surface area contributed by atoms with Gasteiger partial charge in [-0.1, -0.05) is 19.6 Å². The maximum absolute atomic E-state index is 12.0. The molecular formula is C16H21N3O2SSi. The number of aromatic amines is 1. The lowest BCUT2D eigenvalue weighted by Crippen LogP contribution is -2.22. The number of thiophene rings is 1. The zero-order chi connectivity index (χ0) is 16.4. The van der Waals surface area contributed by atoms with Crippen molar-refractivity contribution in [3.05, 3.63) is 40.3 Å². The fourth-order valence-electron chi connectivity index (χ4n) is 2.24. The fourth-order valence-corrected chi connectivity index (χ4v) is 3.82. The molecule has 0 saturated heterocycles. The Morgan fingerprint density at radius 1 is 1.39 bits per heavy atom. The lowest BCUT2D eigenvalue weighted by atomic mass is 10.2. The Morgan fingerprint density at radius 2 is 2.22 bits per heavy atom. The van der Waals surface area contributed by atoms with Gasteiger partial charge in [0, 0.05) is 31.1 Å². The number of H-pyrrole nitrogens is 1. The van der Waals surface area contributed by atoms with Crippen LogP contribution >= 0.6 is 11.3 Å². The third kappa shape index (κ3) is 3.98. The van der Waals surface area contributed by atoms with E-state index >= 15 is 0 Å². The summed E-state index contributed by atoms with van der Waals surface area (Å²) in [5.74, 6) is 0. The van der Waals surface area contributed by atoms with Gasteiger partial charge >= 0.3 is 0 Å². The molecule has 7 heteroatoms. The summed E-state index contributed by atoms with van der Waals surface area (Å²) in [5, 5.41) is 6.98. The molecule has 0 radical (unpaired) electrons. The number of aromatic nitrogens is 3. The van der Waals surface area contributed by atoms with Crippen LogP contribution in [0.1, 0.15) is 0 Å². The van der Waals surface area contributed by atoms with E-state index in [-0.39, 0.29) is 5.56 Å². The third-order valence-corrected chi connectivity index (χ3v) is 6.20. The summed E-state index contributed by atoms with van der Waals surface area (Å²) < 4.78 is 8.44. The maximum Gasteiger partial charge on any atom is 0.257 e. The molecule has 5 nitrogen and oxygen atoms in total. The third-order valence-electron chi connectivity index (χ3n) is 3.63. The number of hydrogen-bond donors (Lipinski definition) is 1. The van der Waals surface area contributed by atoms with Crippen molar-refractivity contribution in [3.8, 4) is 11.3 Å². The topological polar surface area (TPSA) is 59.9 Å². The second kappa shape index (κ2) is 6.43. The van der Waals surface area contributed by atoms with Gasteiger partial charge in [-0.15, -0.1) is 11.3 Å². The first-order chi connectivity index (χ1) is 10.9. The standard InChI is InChI=1S/C16H21N3O2SSi/c1-23(2,3)7-5-21-11-19-10-12(9-17-19)14-8-15-13(4-6-22-15)16(20)18-14/h4,6,8-10H,5,7,11H2,1-3H3,(H,18,20). The van der Waals surface area contributed by atoms with Gasteiger partial charge in [-0.25, -0.2) is 4.68 Å².